The highest BCUT2D eigenvalue weighted by Crippen LogP contribution is 2.36. The van der Waals surface area contributed by atoms with Crippen LogP contribution in [0, 0.1) is 17.0 Å². The maximum absolute atomic E-state index is 10.7. The normalized spacial score (nSPS) is 19.2. The lowest BCUT2D eigenvalue weighted by molar-refractivity contribution is -0.385. The molecule has 2 rings (SSSR count). The summed E-state index contributed by atoms with van der Waals surface area (Å²) < 4.78 is 5.46. The zero-order valence-electron chi connectivity index (χ0n) is 8.40. The average molecular weight is 208 g/mol. The Labute approximate surface area is 87.0 Å². The Balaban J connectivity index is 2.56. The van der Waals surface area contributed by atoms with E-state index >= 15 is 0 Å². The molecule has 1 aliphatic heterocycles. The van der Waals surface area contributed by atoms with E-state index in [4.69, 9.17) is 10.5 Å². The van der Waals surface area contributed by atoms with Crippen LogP contribution in [0.3, 0.4) is 0 Å². The number of aryl methyl sites for hydroxylation is 1. The van der Waals surface area contributed by atoms with Gasteiger partial charge in [0.25, 0.3) is 5.69 Å². The standard InChI is InChI=1S/C10H12N2O3/c1-6-4-7(12(13)14)5-8-9(11)2-3-15-10(6)8/h4-5,9H,2-3,11H2,1H3/t9-/m1/s1. The van der Waals surface area contributed by atoms with Gasteiger partial charge in [0.2, 0.25) is 0 Å². The molecule has 0 spiro atoms. The van der Waals surface area contributed by atoms with E-state index in [1.807, 2.05) is 0 Å². The summed E-state index contributed by atoms with van der Waals surface area (Å²) in [5, 5.41) is 10.7. The van der Waals surface area contributed by atoms with Gasteiger partial charge in [-0.2, -0.15) is 0 Å². The molecule has 0 saturated carbocycles. The molecule has 80 valence electrons. The van der Waals surface area contributed by atoms with Gasteiger partial charge in [0.15, 0.2) is 0 Å². The number of nitro groups is 1. The van der Waals surface area contributed by atoms with Gasteiger partial charge in [-0.3, -0.25) is 10.1 Å². The zero-order valence-corrected chi connectivity index (χ0v) is 8.40. The van der Waals surface area contributed by atoms with Gasteiger partial charge >= 0.3 is 0 Å². The number of ether oxygens (including phenoxy) is 1. The van der Waals surface area contributed by atoms with E-state index in [9.17, 15) is 10.1 Å². The fraction of sp³-hybridized carbons (Fsp3) is 0.400. The molecule has 0 radical (unpaired) electrons. The Morgan fingerprint density at radius 3 is 3.00 bits per heavy atom. The molecule has 2 N–H and O–H groups in total. The van der Waals surface area contributed by atoms with Crippen molar-refractivity contribution < 1.29 is 9.66 Å². The summed E-state index contributed by atoms with van der Waals surface area (Å²) in [5.41, 5.74) is 7.47. The van der Waals surface area contributed by atoms with Gasteiger partial charge in [-0.05, 0) is 12.5 Å². The van der Waals surface area contributed by atoms with Crippen LogP contribution in [-0.2, 0) is 0 Å². The first-order chi connectivity index (χ1) is 7.09. The zero-order chi connectivity index (χ0) is 11.0. The number of non-ortho nitro benzene ring substituents is 1. The van der Waals surface area contributed by atoms with Crippen molar-refractivity contribution in [2.24, 2.45) is 5.73 Å². The predicted molar refractivity (Wildman–Crippen MR) is 54.9 cm³/mol. The molecular weight excluding hydrogens is 196 g/mol. The van der Waals surface area contributed by atoms with Crippen molar-refractivity contribution in [3.05, 3.63) is 33.4 Å². The number of nitro benzene ring substituents is 1. The molecule has 1 heterocycles. The van der Waals surface area contributed by atoms with Gasteiger partial charge in [-0.1, -0.05) is 0 Å². The SMILES string of the molecule is Cc1cc([N+](=O)[O-])cc2c1OCC[C@H]2N. The summed E-state index contributed by atoms with van der Waals surface area (Å²) in [6.45, 7) is 2.37. The van der Waals surface area contributed by atoms with Crippen LogP contribution in [0.2, 0.25) is 0 Å². The van der Waals surface area contributed by atoms with Crippen LogP contribution < -0.4 is 10.5 Å². The largest absolute Gasteiger partial charge is 0.493 e. The van der Waals surface area contributed by atoms with Gasteiger partial charge in [-0.25, -0.2) is 0 Å². The lowest BCUT2D eigenvalue weighted by Gasteiger charge is -2.24. The van der Waals surface area contributed by atoms with Crippen LogP contribution in [0.25, 0.3) is 0 Å². The lowest BCUT2D eigenvalue weighted by atomic mass is 9.98. The fourth-order valence-electron chi connectivity index (χ4n) is 1.80. The van der Waals surface area contributed by atoms with Gasteiger partial charge < -0.3 is 10.5 Å². The highest BCUT2D eigenvalue weighted by molar-refractivity contribution is 5.51. The van der Waals surface area contributed by atoms with E-state index in [2.05, 4.69) is 0 Å². The number of fused-ring (bicyclic) bond motifs is 1. The third kappa shape index (κ3) is 1.66. The van der Waals surface area contributed by atoms with Crippen molar-refractivity contribution in [3.63, 3.8) is 0 Å². The molecule has 1 aromatic rings. The van der Waals surface area contributed by atoms with E-state index in [1.165, 1.54) is 12.1 Å². The number of nitrogens with two attached hydrogens (primary N) is 1. The molecule has 0 saturated heterocycles. The molecule has 0 amide bonds. The minimum absolute atomic E-state index is 0.0761. The first-order valence-electron chi connectivity index (χ1n) is 4.77. The molecule has 0 bridgehead atoms. The Morgan fingerprint density at radius 2 is 2.33 bits per heavy atom. The van der Waals surface area contributed by atoms with Crippen molar-refractivity contribution in [2.75, 3.05) is 6.61 Å². The molecule has 0 aliphatic carbocycles. The molecular formula is C10H12N2O3. The van der Waals surface area contributed by atoms with Gasteiger partial charge in [0.1, 0.15) is 5.75 Å². The molecule has 0 unspecified atom stereocenters. The van der Waals surface area contributed by atoms with Gasteiger partial charge in [0.05, 0.1) is 11.5 Å². The highest BCUT2D eigenvalue weighted by Gasteiger charge is 2.23. The van der Waals surface area contributed by atoms with Crippen LogP contribution in [-0.4, -0.2) is 11.5 Å². The van der Waals surface area contributed by atoms with E-state index in [0.29, 0.717) is 18.8 Å². The van der Waals surface area contributed by atoms with Crippen molar-refractivity contribution >= 4 is 5.69 Å². The summed E-state index contributed by atoms with van der Waals surface area (Å²) in [7, 11) is 0. The Hall–Kier alpha value is -1.62. The van der Waals surface area contributed by atoms with Gasteiger partial charge in [-0.15, -0.1) is 0 Å². The summed E-state index contributed by atoms with van der Waals surface area (Å²) in [5.74, 6) is 0.708. The second-order valence-electron chi connectivity index (χ2n) is 3.68. The number of hydrogen-bond donors (Lipinski definition) is 1. The van der Waals surface area contributed by atoms with Gasteiger partial charge in [0, 0.05) is 30.2 Å². The second kappa shape index (κ2) is 3.51. The van der Waals surface area contributed by atoms with Crippen LogP contribution in [0.5, 0.6) is 5.75 Å². The molecule has 15 heavy (non-hydrogen) atoms. The second-order valence-corrected chi connectivity index (χ2v) is 3.68. The summed E-state index contributed by atoms with van der Waals surface area (Å²) in [4.78, 5) is 10.3. The maximum Gasteiger partial charge on any atom is 0.270 e. The van der Waals surface area contributed by atoms with E-state index in [-0.39, 0.29) is 11.7 Å². The minimum Gasteiger partial charge on any atom is -0.493 e. The van der Waals surface area contributed by atoms with Crippen LogP contribution in [0.4, 0.5) is 5.69 Å². The minimum atomic E-state index is -0.408. The van der Waals surface area contributed by atoms with E-state index < -0.39 is 4.92 Å². The van der Waals surface area contributed by atoms with Crippen LogP contribution in [0.15, 0.2) is 12.1 Å². The Kier molecular flexibility index (Phi) is 2.32. The molecule has 0 fully saturated rings. The number of hydrogen-bond acceptors (Lipinski definition) is 4. The third-order valence-corrected chi connectivity index (χ3v) is 2.57. The molecule has 1 atom stereocenters. The van der Waals surface area contributed by atoms with Crippen molar-refractivity contribution in [2.45, 2.75) is 19.4 Å². The molecule has 5 heteroatoms. The molecule has 5 nitrogen and oxygen atoms in total. The molecule has 0 aromatic heterocycles. The van der Waals surface area contributed by atoms with Crippen molar-refractivity contribution in [1.29, 1.82) is 0 Å². The van der Waals surface area contributed by atoms with Crippen molar-refractivity contribution in [1.82, 2.24) is 0 Å². The smallest absolute Gasteiger partial charge is 0.270 e. The van der Waals surface area contributed by atoms with Crippen molar-refractivity contribution in [3.8, 4) is 5.75 Å². The molecule has 1 aliphatic rings. The Morgan fingerprint density at radius 1 is 1.60 bits per heavy atom. The fourth-order valence-corrected chi connectivity index (χ4v) is 1.80. The maximum atomic E-state index is 10.7. The summed E-state index contributed by atoms with van der Waals surface area (Å²) in [6.07, 6.45) is 0.702. The highest BCUT2D eigenvalue weighted by atomic mass is 16.6. The number of nitrogens with zero attached hydrogens (tertiary/aromatic N) is 1. The topological polar surface area (TPSA) is 78.4 Å². The first-order valence-corrected chi connectivity index (χ1v) is 4.77. The quantitative estimate of drug-likeness (QED) is 0.562. The van der Waals surface area contributed by atoms with Crippen LogP contribution in [0.1, 0.15) is 23.6 Å². The van der Waals surface area contributed by atoms with E-state index in [1.54, 1.807) is 6.92 Å². The van der Waals surface area contributed by atoms with Crippen LogP contribution >= 0.6 is 0 Å². The predicted octanol–water partition coefficient (Wildman–Crippen LogP) is 1.69. The first kappa shape index (κ1) is 9.92. The molecule has 1 aromatic carbocycles. The number of benzene rings is 1. The summed E-state index contributed by atoms with van der Waals surface area (Å²) >= 11 is 0. The summed E-state index contributed by atoms with van der Waals surface area (Å²) in [6, 6.07) is 2.86. The monoisotopic (exact) mass is 208 g/mol. The average Bonchev–Trinajstić information content (AvgIpc) is 2.19. The number of rotatable bonds is 1. The Bertz CT molecular complexity index is 417. The van der Waals surface area contributed by atoms with E-state index in [0.717, 1.165) is 11.1 Å². The lowest BCUT2D eigenvalue weighted by Crippen LogP contribution is -2.21. The third-order valence-electron chi connectivity index (χ3n) is 2.57.